The molecule has 1 N–H and O–H groups in total. The molecule has 0 spiro atoms. The zero-order chi connectivity index (χ0) is 15.2. The Morgan fingerprint density at radius 2 is 1.90 bits per heavy atom. The molecule has 21 heavy (non-hydrogen) atoms. The summed E-state index contributed by atoms with van der Waals surface area (Å²) in [6.45, 7) is 12.3. The SMILES string of the molecule is Cc1nncn1CCN1CCN(CC(=O)NC(C)C)CC1. The minimum Gasteiger partial charge on any atom is -0.353 e. The van der Waals surface area contributed by atoms with Crippen LogP contribution in [0.1, 0.15) is 19.7 Å². The molecular weight excluding hydrogens is 268 g/mol. The average molecular weight is 294 g/mol. The predicted octanol–water partition coefficient (Wildman–Crippen LogP) is -0.271. The average Bonchev–Trinajstić information content (AvgIpc) is 2.82. The Morgan fingerprint density at radius 3 is 2.48 bits per heavy atom. The highest BCUT2D eigenvalue weighted by Gasteiger charge is 2.19. The molecule has 7 nitrogen and oxygen atoms in total. The van der Waals surface area contributed by atoms with Crippen molar-refractivity contribution in [1.29, 1.82) is 0 Å². The lowest BCUT2D eigenvalue weighted by Crippen LogP contribution is -2.50. The van der Waals surface area contributed by atoms with E-state index in [1.54, 1.807) is 6.33 Å². The summed E-state index contributed by atoms with van der Waals surface area (Å²) in [5, 5.41) is 10.8. The largest absolute Gasteiger partial charge is 0.353 e. The number of rotatable bonds is 6. The van der Waals surface area contributed by atoms with Gasteiger partial charge in [0.1, 0.15) is 12.2 Å². The molecule has 0 radical (unpaired) electrons. The van der Waals surface area contributed by atoms with Crippen molar-refractivity contribution in [2.75, 3.05) is 39.3 Å². The maximum absolute atomic E-state index is 11.7. The van der Waals surface area contributed by atoms with Gasteiger partial charge in [-0.1, -0.05) is 0 Å². The summed E-state index contributed by atoms with van der Waals surface area (Å²) >= 11 is 0. The number of aryl methyl sites for hydroxylation is 1. The summed E-state index contributed by atoms with van der Waals surface area (Å²) in [6, 6.07) is 0.214. The number of carbonyl (C=O) groups is 1. The van der Waals surface area contributed by atoms with Crippen LogP contribution in [0.3, 0.4) is 0 Å². The van der Waals surface area contributed by atoms with Gasteiger partial charge in [-0.05, 0) is 20.8 Å². The lowest BCUT2D eigenvalue weighted by Gasteiger charge is -2.34. The van der Waals surface area contributed by atoms with E-state index in [4.69, 9.17) is 0 Å². The maximum Gasteiger partial charge on any atom is 0.234 e. The van der Waals surface area contributed by atoms with Gasteiger partial charge >= 0.3 is 0 Å². The summed E-state index contributed by atoms with van der Waals surface area (Å²) in [5.41, 5.74) is 0. The standard InChI is InChI=1S/C14H26N6O/c1-12(2)16-14(21)10-19-6-4-18(5-7-19)8-9-20-11-15-17-13(20)3/h11-12H,4-10H2,1-3H3,(H,16,21). The second-order valence-electron chi connectivity index (χ2n) is 5.91. The number of nitrogens with one attached hydrogen (secondary N) is 1. The number of hydrogen-bond donors (Lipinski definition) is 1. The molecule has 0 aliphatic carbocycles. The van der Waals surface area contributed by atoms with E-state index in [0.29, 0.717) is 6.54 Å². The highest BCUT2D eigenvalue weighted by atomic mass is 16.2. The van der Waals surface area contributed by atoms with Crippen LogP contribution in [0.2, 0.25) is 0 Å². The number of nitrogens with zero attached hydrogens (tertiary/aromatic N) is 5. The zero-order valence-corrected chi connectivity index (χ0v) is 13.2. The molecule has 1 amide bonds. The monoisotopic (exact) mass is 294 g/mol. The van der Waals surface area contributed by atoms with E-state index in [9.17, 15) is 4.79 Å². The van der Waals surface area contributed by atoms with E-state index in [-0.39, 0.29) is 11.9 Å². The van der Waals surface area contributed by atoms with E-state index < -0.39 is 0 Å². The molecule has 1 fully saturated rings. The molecule has 0 aromatic carbocycles. The highest BCUT2D eigenvalue weighted by Crippen LogP contribution is 2.02. The van der Waals surface area contributed by atoms with Crippen LogP contribution >= 0.6 is 0 Å². The lowest BCUT2D eigenvalue weighted by molar-refractivity contribution is -0.123. The summed E-state index contributed by atoms with van der Waals surface area (Å²) < 4.78 is 2.07. The van der Waals surface area contributed by atoms with Crippen LogP contribution in [0.5, 0.6) is 0 Å². The van der Waals surface area contributed by atoms with Gasteiger partial charge in [0.15, 0.2) is 0 Å². The summed E-state index contributed by atoms with van der Waals surface area (Å²) in [5.74, 6) is 1.08. The van der Waals surface area contributed by atoms with Gasteiger partial charge in [-0.2, -0.15) is 0 Å². The van der Waals surface area contributed by atoms with Crippen molar-refractivity contribution in [2.45, 2.75) is 33.4 Å². The Kier molecular flexibility index (Phi) is 5.69. The minimum atomic E-state index is 0.124. The number of carbonyl (C=O) groups excluding carboxylic acids is 1. The van der Waals surface area contributed by atoms with Crippen molar-refractivity contribution in [3.63, 3.8) is 0 Å². The molecule has 1 aromatic rings. The quantitative estimate of drug-likeness (QED) is 0.782. The third kappa shape index (κ3) is 5.09. The molecule has 1 aromatic heterocycles. The van der Waals surface area contributed by atoms with Crippen molar-refractivity contribution in [2.24, 2.45) is 0 Å². The molecule has 118 valence electrons. The molecule has 0 unspecified atom stereocenters. The highest BCUT2D eigenvalue weighted by molar-refractivity contribution is 5.78. The molecule has 1 saturated heterocycles. The van der Waals surface area contributed by atoms with Crippen LogP contribution in [0.15, 0.2) is 6.33 Å². The Labute approximate surface area is 126 Å². The summed E-state index contributed by atoms with van der Waals surface area (Å²) in [7, 11) is 0. The topological polar surface area (TPSA) is 66.3 Å². The van der Waals surface area contributed by atoms with E-state index in [0.717, 1.165) is 45.1 Å². The molecule has 7 heteroatoms. The van der Waals surface area contributed by atoms with Crippen LogP contribution in [-0.2, 0) is 11.3 Å². The number of aromatic nitrogens is 3. The van der Waals surface area contributed by atoms with E-state index in [1.807, 2.05) is 20.8 Å². The molecule has 0 bridgehead atoms. The first kappa shape index (κ1) is 15.9. The fraction of sp³-hybridized carbons (Fsp3) is 0.786. The van der Waals surface area contributed by atoms with Gasteiger partial charge in [0.2, 0.25) is 5.91 Å². The van der Waals surface area contributed by atoms with Gasteiger partial charge in [0, 0.05) is 45.3 Å². The van der Waals surface area contributed by atoms with Gasteiger partial charge in [-0.15, -0.1) is 10.2 Å². The molecule has 1 aliphatic rings. The van der Waals surface area contributed by atoms with E-state index in [1.165, 1.54) is 0 Å². The Morgan fingerprint density at radius 1 is 1.24 bits per heavy atom. The van der Waals surface area contributed by atoms with Gasteiger partial charge in [-0.3, -0.25) is 14.6 Å². The Hall–Kier alpha value is -1.47. The number of piperazine rings is 1. The second-order valence-corrected chi connectivity index (χ2v) is 5.91. The first-order valence-electron chi connectivity index (χ1n) is 7.63. The molecule has 0 saturated carbocycles. The van der Waals surface area contributed by atoms with Crippen molar-refractivity contribution < 1.29 is 4.79 Å². The third-order valence-corrected chi connectivity index (χ3v) is 3.75. The number of hydrogen-bond acceptors (Lipinski definition) is 5. The van der Waals surface area contributed by atoms with E-state index in [2.05, 4.69) is 29.9 Å². The first-order valence-corrected chi connectivity index (χ1v) is 7.63. The Balaban J connectivity index is 1.66. The van der Waals surface area contributed by atoms with Gasteiger partial charge in [0.25, 0.3) is 0 Å². The number of amides is 1. The fourth-order valence-electron chi connectivity index (χ4n) is 2.52. The molecule has 1 aliphatic heterocycles. The molecule has 2 heterocycles. The van der Waals surface area contributed by atoms with Gasteiger partial charge in [-0.25, -0.2) is 0 Å². The van der Waals surface area contributed by atoms with Gasteiger partial charge < -0.3 is 9.88 Å². The molecular formula is C14H26N6O. The molecule has 0 atom stereocenters. The van der Waals surface area contributed by atoms with Gasteiger partial charge in [0.05, 0.1) is 6.54 Å². The van der Waals surface area contributed by atoms with Crippen LogP contribution in [-0.4, -0.2) is 75.8 Å². The Bertz CT molecular complexity index is 450. The summed E-state index contributed by atoms with van der Waals surface area (Å²) in [4.78, 5) is 16.4. The minimum absolute atomic E-state index is 0.124. The predicted molar refractivity (Wildman–Crippen MR) is 80.9 cm³/mol. The smallest absolute Gasteiger partial charge is 0.234 e. The summed E-state index contributed by atoms with van der Waals surface area (Å²) in [6.07, 6.45) is 1.78. The van der Waals surface area contributed by atoms with Crippen molar-refractivity contribution in [1.82, 2.24) is 29.9 Å². The van der Waals surface area contributed by atoms with Crippen LogP contribution < -0.4 is 5.32 Å². The van der Waals surface area contributed by atoms with Crippen molar-refractivity contribution >= 4 is 5.91 Å². The van der Waals surface area contributed by atoms with E-state index >= 15 is 0 Å². The van der Waals surface area contributed by atoms with Crippen molar-refractivity contribution in [3.05, 3.63) is 12.2 Å². The van der Waals surface area contributed by atoms with Crippen LogP contribution in [0.4, 0.5) is 0 Å². The maximum atomic E-state index is 11.7. The van der Waals surface area contributed by atoms with Crippen LogP contribution in [0, 0.1) is 6.92 Å². The normalized spacial score (nSPS) is 17.3. The fourth-order valence-corrected chi connectivity index (χ4v) is 2.52. The first-order chi connectivity index (χ1) is 10.0. The zero-order valence-electron chi connectivity index (χ0n) is 13.2. The second kappa shape index (κ2) is 7.51. The van der Waals surface area contributed by atoms with Crippen LogP contribution in [0.25, 0.3) is 0 Å². The third-order valence-electron chi connectivity index (χ3n) is 3.75. The molecule has 2 rings (SSSR count). The lowest BCUT2D eigenvalue weighted by atomic mass is 10.3. The van der Waals surface area contributed by atoms with Crippen molar-refractivity contribution in [3.8, 4) is 0 Å².